The molecule has 1 N–H and O–H groups in total. The van der Waals surface area contributed by atoms with Crippen LogP contribution in [-0.4, -0.2) is 61.2 Å². The van der Waals surface area contributed by atoms with Crippen LogP contribution in [-0.2, 0) is 0 Å². The number of nitrogens with one attached hydrogen (secondary N) is 1. The predicted molar refractivity (Wildman–Crippen MR) is 84.6 cm³/mol. The van der Waals surface area contributed by atoms with Gasteiger partial charge in [-0.15, -0.1) is 0 Å². The SMILES string of the molecule is CC(C)CN1CCN(C(CNC(C)C)C(C)C)CC1. The molecule has 0 spiro atoms. The van der Waals surface area contributed by atoms with Gasteiger partial charge in [-0.25, -0.2) is 0 Å². The van der Waals surface area contributed by atoms with Crippen LogP contribution in [0.15, 0.2) is 0 Å². The van der Waals surface area contributed by atoms with E-state index in [-0.39, 0.29) is 0 Å². The molecule has 0 bridgehead atoms. The van der Waals surface area contributed by atoms with Gasteiger partial charge in [0.1, 0.15) is 0 Å². The second-order valence-corrected chi connectivity index (χ2v) is 7.10. The Hall–Kier alpha value is -0.120. The molecule has 1 unspecified atom stereocenters. The average molecular weight is 269 g/mol. The molecule has 3 heteroatoms. The summed E-state index contributed by atoms with van der Waals surface area (Å²) in [6.45, 7) is 21.1. The molecule has 1 aliphatic heterocycles. The topological polar surface area (TPSA) is 18.5 Å². The first-order valence-electron chi connectivity index (χ1n) is 8.10. The van der Waals surface area contributed by atoms with Crippen LogP contribution in [0.3, 0.4) is 0 Å². The van der Waals surface area contributed by atoms with Crippen molar-refractivity contribution in [2.45, 2.75) is 53.6 Å². The molecule has 1 aliphatic rings. The summed E-state index contributed by atoms with van der Waals surface area (Å²) in [7, 11) is 0. The van der Waals surface area contributed by atoms with E-state index in [0.29, 0.717) is 12.1 Å². The smallest absolute Gasteiger partial charge is 0.0244 e. The zero-order chi connectivity index (χ0) is 14.4. The quantitative estimate of drug-likeness (QED) is 0.765. The van der Waals surface area contributed by atoms with Crippen LogP contribution in [0, 0.1) is 11.8 Å². The Morgan fingerprint density at radius 2 is 1.47 bits per heavy atom. The third kappa shape index (κ3) is 6.24. The van der Waals surface area contributed by atoms with Gasteiger partial charge in [0.15, 0.2) is 0 Å². The summed E-state index contributed by atoms with van der Waals surface area (Å²) in [5.74, 6) is 1.51. The van der Waals surface area contributed by atoms with Crippen LogP contribution in [0.25, 0.3) is 0 Å². The summed E-state index contributed by atoms with van der Waals surface area (Å²) in [6, 6.07) is 1.27. The lowest BCUT2D eigenvalue weighted by atomic mass is 10.0. The van der Waals surface area contributed by atoms with E-state index in [4.69, 9.17) is 0 Å². The molecule has 0 saturated carbocycles. The van der Waals surface area contributed by atoms with Crippen molar-refractivity contribution in [1.82, 2.24) is 15.1 Å². The number of piperazine rings is 1. The van der Waals surface area contributed by atoms with Crippen LogP contribution in [0.5, 0.6) is 0 Å². The van der Waals surface area contributed by atoms with Crippen LogP contribution in [0.1, 0.15) is 41.5 Å². The van der Waals surface area contributed by atoms with E-state index in [1.165, 1.54) is 32.7 Å². The summed E-state index contributed by atoms with van der Waals surface area (Å²) < 4.78 is 0. The normalized spacial score (nSPS) is 20.7. The molecule has 0 aromatic rings. The highest BCUT2D eigenvalue weighted by atomic mass is 15.3. The highest BCUT2D eigenvalue weighted by Gasteiger charge is 2.25. The van der Waals surface area contributed by atoms with Crippen molar-refractivity contribution in [3.63, 3.8) is 0 Å². The molecule has 1 atom stereocenters. The lowest BCUT2D eigenvalue weighted by Crippen LogP contribution is -2.55. The number of hydrogen-bond acceptors (Lipinski definition) is 3. The Kier molecular flexibility index (Phi) is 7.33. The fraction of sp³-hybridized carbons (Fsp3) is 1.00. The lowest BCUT2D eigenvalue weighted by Gasteiger charge is -2.41. The van der Waals surface area contributed by atoms with E-state index in [1.807, 2.05) is 0 Å². The van der Waals surface area contributed by atoms with Gasteiger partial charge in [0.2, 0.25) is 0 Å². The maximum Gasteiger partial charge on any atom is 0.0244 e. The summed E-state index contributed by atoms with van der Waals surface area (Å²) >= 11 is 0. The summed E-state index contributed by atoms with van der Waals surface area (Å²) in [6.07, 6.45) is 0. The van der Waals surface area contributed by atoms with Crippen molar-refractivity contribution in [1.29, 1.82) is 0 Å². The number of nitrogens with zero attached hydrogens (tertiary/aromatic N) is 2. The molecule has 1 fully saturated rings. The molecule has 3 nitrogen and oxygen atoms in total. The first kappa shape index (κ1) is 16.9. The van der Waals surface area contributed by atoms with Crippen molar-refractivity contribution in [2.24, 2.45) is 11.8 Å². The third-order valence-corrected chi connectivity index (χ3v) is 4.00. The maximum absolute atomic E-state index is 3.61. The molecule has 1 saturated heterocycles. The van der Waals surface area contributed by atoms with Crippen molar-refractivity contribution >= 4 is 0 Å². The van der Waals surface area contributed by atoms with Gasteiger partial charge in [-0.1, -0.05) is 41.5 Å². The molecular formula is C16H35N3. The highest BCUT2D eigenvalue weighted by Crippen LogP contribution is 2.14. The van der Waals surface area contributed by atoms with Gasteiger partial charge in [-0.2, -0.15) is 0 Å². The third-order valence-electron chi connectivity index (χ3n) is 4.00. The number of rotatable bonds is 7. The van der Waals surface area contributed by atoms with Crippen LogP contribution in [0.2, 0.25) is 0 Å². The Morgan fingerprint density at radius 1 is 0.895 bits per heavy atom. The van der Waals surface area contributed by atoms with E-state index >= 15 is 0 Å². The van der Waals surface area contributed by atoms with Gasteiger partial charge in [0.05, 0.1) is 0 Å². The summed E-state index contributed by atoms with van der Waals surface area (Å²) in [5.41, 5.74) is 0. The van der Waals surface area contributed by atoms with Crippen LogP contribution in [0.4, 0.5) is 0 Å². The molecule has 0 aliphatic carbocycles. The standard InChI is InChI=1S/C16H35N3/c1-13(2)12-18-7-9-19(10-8-18)16(14(3)4)11-17-15(5)6/h13-17H,7-12H2,1-6H3. The summed E-state index contributed by atoms with van der Waals surface area (Å²) in [5, 5.41) is 3.61. The lowest BCUT2D eigenvalue weighted by molar-refractivity contribution is 0.0695. The molecule has 19 heavy (non-hydrogen) atoms. The van der Waals surface area contributed by atoms with Crippen molar-refractivity contribution in [2.75, 3.05) is 39.3 Å². The molecule has 114 valence electrons. The molecule has 0 aromatic heterocycles. The molecule has 0 amide bonds. The van der Waals surface area contributed by atoms with Gasteiger partial charge in [-0.05, 0) is 11.8 Å². The van der Waals surface area contributed by atoms with Crippen LogP contribution < -0.4 is 5.32 Å². The minimum atomic E-state index is 0.587. The average Bonchev–Trinajstić information content (AvgIpc) is 2.29. The predicted octanol–water partition coefficient (Wildman–Crippen LogP) is 2.28. The second kappa shape index (κ2) is 8.23. The van der Waals surface area contributed by atoms with Crippen LogP contribution >= 0.6 is 0 Å². The minimum Gasteiger partial charge on any atom is -0.313 e. The van der Waals surface area contributed by atoms with Gasteiger partial charge in [0.25, 0.3) is 0 Å². The zero-order valence-corrected chi connectivity index (χ0v) is 13.9. The first-order chi connectivity index (χ1) is 8.90. The first-order valence-corrected chi connectivity index (χ1v) is 8.10. The van der Waals surface area contributed by atoms with Crippen molar-refractivity contribution in [3.8, 4) is 0 Å². The van der Waals surface area contributed by atoms with E-state index in [2.05, 4.69) is 56.7 Å². The van der Waals surface area contributed by atoms with E-state index in [9.17, 15) is 0 Å². The largest absolute Gasteiger partial charge is 0.313 e. The van der Waals surface area contributed by atoms with E-state index in [0.717, 1.165) is 18.4 Å². The fourth-order valence-corrected chi connectivity index (χ4v) is 2.94. The van der Waals surface area contributed by atoms with Crippen molar-refractivity contribution in [3.05, 3.63) is 0 Å². The van der Waals surface area contributed by atoms with Gasteiger partial charge in [-0.3, -0.25) is 4.90 Å². The minimum absolute atomic E-state index is 0.587. The van der Waals surface area contributed by atoms with E-state index < -0.39 is 0 Å². The van der Waals surface area contributed by atoms with Gasteiger partial charge >= 0.3 is 0 Å². The van der Waals surface area contributed by atoms with Crippen molar-refractivity contribution < 1.29 is 0 Å². The zero-order valence-electron chi connectivity index (χ0n) is 13.9. The Balaban J connectivity index is 2.41. The summed E-state index contributed by atoms with van der Waals surface area (Å²) in [4.78, 5) is 5.31. The Labute approximate surface area is 120 Å². The fourth-order valence-electron chi connectivity index (χ4n) is 2.94. The molecule has 1 heterocycles. The highest BCUT2D eigenvalue weighted by molar-refractivity contribution is 4.82. The van der Waals surface area contributed by atoms with Gasteiger partial charge in [0, 0.05) is 51.4 Å². The maximum atomic E-state index is 3.61. The number of hydrogen-bond donors (Lipinski definition) is 1. The Bertz CT molecular complexity index is 230. The Morgan fingerprint density at radius 3 is 1.89 bits per heavy atom. The van der Waals surface area contributed by atoms with E-state index in [1.54, 1.807) is 0 Å². The monoisotopic (exact) mass is 269 g/mol. The molecular weight excluding hydrogens is 234 g/mol. The molecule has 0 aromatic carbocycles. The molecule has 0 radical (unpaired) electrons. The molecule has 1 rings (SSSR count). The van der Waals surface area contributed by atoms with Gasteiger partial charge < -0.3 is 10.2 Å². The second-order valence-electron chi connectivity index (χ2n) is 7.10.